The molecule has 0 radical (unpaired) electrons. The summed E-state index contributed by atoms with van der Waals surface area (Å²) in [5.74, 6) is -0.916. The number of morpholine rings is 1. The van der Waals surface area contributed by atoms with Gasteiger partial charge in [0.15, 0.2) is 5.11 Å². The molecular weight excluding hydrogens is 449 g/mol. The van der Waals surface area contributed by atoms with Gasteiger partial charge in [-0.3, -0.25) is 10.1 Å². The largest absolute Gasteiger partial charge is 0.465 e. The van der Waals surface area contributed by atoms with Crippen LogP contribution in [0.3, 0.4) is 0 Å². The van der Waals surface area contributed by atoms with Gasteiger partial charge in [-0.25, -0.2) is 4.79 Å². The molecule has 1 heterocycles. The number of carbonyl (C=O) groups is 2. The number of hydrogen-bond acceptors (Lipinski definition) is 6. The van der Waals surface area contributed by atoms with Crippen LogP contribution < -0.4 is 15.5 Å². The molecule has 0 aromatic heterocycles. The molecule has 2 aromatic carbocycles. The molecule has 0 saturated carbocycles. The second-order valence-corrected chi connectivity index (χ2v) is 7.58. The first kappa shape index (κ1) is 22.3. The van der Waals surface area contributed by atoms with Gasteiger partial charge < -0.3 is 19.7 Å². The van der Waals surface area contributed by atoms with Crippen molar-refractivity contribution in [3.8, 4) is 0 Å². The number of nitrogens with one attached hydrogen (secondary N) is 2. The van der Waals surface area contributed by atoms with E-state index in [0.29, 0.717) is 48.1 Å². The molecule has 0 aliphatic carbocycles. The van der Waals surface area contributed by atoms with Gasteiger partial charge in [-0.15, -0.1) is 0 Å². The Morgan fingerprint density at radius 2 is 1.77 bits per heavy atom. The highest BCUT2D eigenvalue weighted by atomic mass is 35.5. The van der Waals surface area contributed by atoms with Gasteiger partial charge >= 0.3 is 5.97 Å². The smallest absolute Gasteiger partial charge is 0.337 e. The summed E-state index contributed by atoms with van der Waals surface area (Å²) in [6.45, 7) is 2.57. The zero-order chi connectivity index (χ0) is 21.7. The molecule has 2 aromatic rings. The lowest BCUT2D eigenvalue weighted by Gasteiger charge is -2.31. The molecule has 158 valence electrons. The molecule has 0 unspecified atom stereocenters. The van der Waals surface area contributed by atoms with Crippen LogP contribution in [0.15, 0.2) is 36.4 Å². The number of halogens is 2. The number of hydrogen-bond donors (Lipinski definition) is 2. The molecule has 30 heavy (non-hydrogen) atoms. The van der Waals surface area contributed by atoms with Gasteiger partial charge in [0, 0.05) is 18.7 Å². The van der Waals surface area contributed by atoms with E-state index in [2.05, 4.69) is 15.5 Å². The van der Waals surface area contributed by atoms with Crippen molar-refractivity contribution in [2.75, 3.05) is 43.6 Å². The van der Waals surface area contributed by atoms with Gasteiger partial charge in [0.25, 0.3) is 5.91 Å². The maximum absolute atomic E-state index is 12.5. The minimum absolute atomic E-state index is 0.0718. The van der Waals surface area contributed by atoms with Crippen molar-refractivity contribution >= 4 is 63.8 Å². The molecule has 0 spiro atoms. The van der Waals surface area contributed by atoms with Gasteiger partial charge in [-0.2, -0.15) is 0 Å². The average Bonchev–Trinajstić information content (AvgIpc) is 2.75. The van der Waals surface area contributed by atoms with E-state index in [1.807, 2.05) is 6.07 Å². The Hall–Kier alpha value is -2.39. The second kappa shape index (κ2) is 10.1. The molecule has 2 N–H and O–H groups in total. The minimum Gasteiger partial charge on any atom is -0.465 e. The van der Waals surface area contributed by atoms with Crippen molar-refractivity contribution in [2.24, 2.45) is 0 Å². The summed E-state index contributed by atoms with van der Waals surface area (Å²) in [5, 5.41) is 6.30. The summed E-state index contributed by atoms with van der Waals surface area (Å²) in [7, 11) is 1.31. The predicted octanol–water partition coefficient (Wildman–Crippen LogP) is 3.74. The Bertz CT molecular complexity index is 981. The summed E-state index contributed by atoms with van der Waals surface area (Å²) < 4.78 is 10.2. The zero-order valence-electron chi connectivity index (χ0n) is 16.0. The SMILES string of the molecule is COC(=O)c1ccc(N2CCOCC2)c(NC(=S)NC(=O)c2ccc(Cl)c(Cl)c2)c1. The van der Waals surface area contributed by atoms with E-state index in [4.69, 9.17) is 44.9 Å². The fourth-order valence-corrected chi connectivity index (χ4v) is 3.43. The molecular formula is C20H19Cl2N3O4S. The van der Waals surface area contributed by atoms with Crippen LogP contribution in [0, 0.1) is 0 Å². The maximum Gasteiger partial charge on any atom is 0.337 e. The molecule has 1 aliphatic rings. The molecule has 0 atom stereocenters. The number of anilines is 2. The third-order valence-electron chi connectivity index (χ3n) is 4.43. The standard InChI is InChI=1S/C20H19Cl2N3O4S/c1-28-19(27)13-3-5-17(25-6-8-29-9-7-25)16(11-13)23-20(30)24-18(26)12-2-4-14(21)15(22)10-12/h2-5,10-11H,6-9H2,1H3,(H2,23,24,26,30). The van der Waals surface area contributed by atoms with Crippen molar-refractivity contribution in [1.82, 2.24) is 5.32 Å². The quantitative estimate of drug-likeness (QED) is 0.523. The van der Waals surface area contributed by atoms with E-state index >= 15 is 0 Å². The average molecular weight is 468 g/mol. The van der Waals surface area contributed by atoms with E-state index in [1.165, 1.54) is 19.2 Å². The van der Waals surface area contributed by atoms with Gasteiger partial charge in [-0.1, -0.05) is 23.2 Å². The van der Waals surface area contributed by atoms with E-state index in [9.17, 15) is 9.59 Å². The van der Waals surface area contributed by atoms with Crippen LogP contribution in [-0.2, 0) is 9.47 Å². The summed E-state index contributed by atoms with van der Waals surface area (Å²) in [4.78, 5) is 26.5. The normalized spacial score (nSPS) is 13.5. The Kier molecular flexibility index (Phi) is 7.49. The Labute approximate surface area is 189 Å². The lowest BCUT2D eigenvalue weighted by Crippen LogP contribution is -2.38. The zero-order valence-corrected chi connectivity index (χ0v) is 18.4. The van der Waals surface area contributed by atoms with Crippen molar-refractivity contribution in [3.63, 3.8) is 0 Å². The molecule has 1 saturated heterocycles. The number of nitrogens with zero attached hydrogens (tertiary/aromatic N) is 1. The lowest BCUT2D eigenvalue weighted by molar-refractivity contribution is 0.0600. The number of esters is 1. The number of methoxy groups -OCH3 is 1. The van der Waals surface area contributed by atoms with Crippen LogP contribution in [0.25, 0.3) is 0 Å². The van der Waals surface area contributed by atoms with Crippen LogP contribution in [0.1, 0.15) is 20.7 Å². The van der Waals surface area contributed by atoms with Gasteiger partial charge in [-0.05, 0) is 48.6 Å². The van der Waals surface area contributed by atoms with E-state index in [1.54, 1.807) is 18.2 Å². The molecule has 10 heteroatoms. The third kappa shape index (κ3) is 5.40. The first-order chi connectivity index (χ1) is 14.4. The predicted molar refractivity (Wildman–Crippen MR) is 121 cm³/mol. The number of rotatable bonds is 4. The van der Waals surface area contributed by atoms with Crippen LogP contribution in [0.2, 0.25) is 10.0 Å². The number of carbonyl (C=O) groups excluding carboxylic acids is 2. The van der Waals surface area contributed by atoms with Crippen molar-refractivity contribution in [1.29, 1.82) is 0 Å². The van der Waals surface area contributed by atoms with Crippen LogP contribution in [0.4, 0.5) is 11.4 Å². The molecule has 1 fully saturated rings. The molecule has 7 nitrogen and oxygen atoms in total. The minimum atomic E-state index is -0.475. The Morgan fingerprint density at radius 1 is 1.07 bits per heavy atom. The van der Waals surface area contributed by atoms with Crippen molar-refractivity contribution in [2.45, 2.75) is 0 Å². The third-order valence-corrected chi connectivity index (χ3v) is 5.37. The fourth-order valence-electron chi connectivity index (χ4n) is 2.93. The second-order valence-electron chi connectivity index (χ2n) is 6.36. The van der Waals surface area contributed by atoms with Crippen molar-refractivity contribution < 1.29 is 19.1 Å². The Balaban J connectivity index is 1.80. The van der Waals surface area contributed by atoms with E-state index in [-0.39, 0.29) is 10.1 Å². The first-order valence-corrected chi connectivity index (χ1v) is 10.2. The highest BCUT2D eigenvalue weighted by molar-refractivity contribution is 7.80. The first-order valence-electron chi connectivity index (χ1n) is 9.01. The van der Waals surface area contributed by atoms with Gasteiger partial charge in [0.05, 0.1) is 47.3 Å². The highest BCUT2D eigenvalue weighted by Crippen LogP contribution is 2.28. The lowest BCUT2D eigenvalue weighted by atomic mass is 10.1. The monoisotopic (exact) mass is 467 g/mol. The number of thiocarbonyl (C=S) groups is 1. The number of amides is 1. The van der Waals surface area contributed by atoms with Crippen LogP contribution in [0.5, 0.6) is 0 Å². The van der Waals surface area contributed by atoms with Gasteiger partial charge in [0.1, 0.15) is 0 Å². The molecule has 0 bridgehead atoms. The fraction of sp³-hybridized carbons (Fsp3) is 0.250. The molecule has 1 aliphatic heterocycles. The van der Waals surface area contributed by atoms with Crippen LogP contribution >= 0.6 is 35.4 Å². The van der Waals surface area contributed by atoms with Gasteiger partial charge in [0.2, 0.25) is 0 Å². The maximum atomic E-state index is 12.5. The van der Waals surface area contributed by atoms with Crippen molar-refractivity contribution in [3.05, 3.63) is 57.6 Å². The number of benzene rings is 2. The Morgan fingerprint density at radius 3 is 2.43 bits per heavy atom. The summed E-state index contributed by atoms with van der Waals surface area (Å²) in [6, 6.07) is 9.66. The summed E-state index contributed by atoms with van der Waals surface area (Å²) in [5.41, 5.74) is 2.07. The van der Waals surface area contributed by atoms with Crippen LogP contribution in [-0.4, -0.2) is 50.4 Å². The van der Waals surface area contributed by atoms with E-state index in [0.717, 1.165) is 5.69 Å². The summed E-state index contributed by atoms with van der Waals surface area (Å²) in [6.07, 6.45) is 0. The number of ether oxygens (including phenoxy) is 2. The highest BCUT2D eigenvalue weighted by Gasteiger charge is 2.19. The molecule has 1 amide bonds. The van der Waals surface area contributed by atoms with E-state index < -0.39 is 11.9 Å². The topological polar surface area (TPSA) is 79.9 Å². The summed E-state index contributed by atoms with van der Waals surface area (Å²) >= 11 is 17.2. The molecule has 3 rings (SSSR count).